The van der Waals surface area contributed by atoms with Crippen LogP contribution in [0.5, 0.6) is 0 Å². The lowest BCUT2D eigenvalue weighted by atomic mass is 9.74. The van der Waals surface area contributed by atoms with E-state index >= 15 is 0 Å². The second-order valence-electron chi connectivity index (χ2n) is 9.16. The van der Waals surface area contributed by atoms with Crippen molar-refractivity contribution in [3.8, 4) is 0 Å². The van der Waals surface area contributed by atoms with E-state index in [1.54, 1.807) is 23.5 Å². The smallest absolute Gasteiger partial charge is 0.243 e. The molecule has 2 N–H and O–H groups in total. The van der Waals surface area contributed by atoms with Crippen molar-refractivity contribution in [2.24, 2.45) is 17.8 Å². The largest absolute Gasteiger partial charge is 0.359 e. The van der Waals surface area contributed by atoms with E-state index in [1.807, 2.05) is 19.1 Å². The monoisotopic (exact) mass is 434 g/mol. The number of fused-ring (bicyclic) bond motifs is 1. The van der Waals surface area contributed by atoms with Gasteiger partial charge in [-0.25, -0.2) is 13.4 Å². The van der Waals surface area contributed by atoms with Crippen LogP contribution in [-0.2, 0) is 14.8 Å². The molecule has 4 atom stereocenters. The molecule has 1 amide bonds. The molecule has 0 aliphatic carbocycles. The van der Waals surface area contributed by atoms with Gasteiger partial charge in [-0.15, -0.1) is 0 Å². The van der Waals surface area contributed by atoms with Crippen molar-refractivity contribution < 1.29 is 13.2 Å². The van der Waals surface area contributed by atoms with Crippen molar-refractivity contribution in [2.75, 3.05) is 26.7 Å². The normalized spacial score (nSPS) is 31.4. The van der Waals surface area contributed by atoms with Crippen LogP contribution in [0.3, 0.4) is 0 Å². The fourth-order valence-electron chi connectivity index (χ4n) is 5.65. The number of piperidine rings is 2. The number of benzene rings is 1. The summed E-state index contributed by atoms with van der Waals surface area (Å²) < 4.78 is 27.6. The lowest BCUT2D eigenvalue weighted by Gasteiger charge is -2.42. The second-order valence-corrected chi connectivity index (χ2v) is 11.1. The van der Waals surface area contributed by atoms with Gasteiger partial charge in [-0.3, -0.25) is 10.2 Å². The number of hydrazine groups is 1. The highest BCUT2D eigenvalue weighted by molar-refractivity contribution is 7.89. The van der Waals surface area contributed by atoms with Crippen LogP contribution in [0.1, 0.15) is 38.2 Å². The number of rotatable bonds is 4. The first-order valence-electron chi connectivity index (χ1n) is 11.1. The van der Waals surface area contributed by atoms with Crippen LogP contribution in [0.4, 0.5) is 0 Å². The highest BCUT2D eigenvalue weighted by atomic mass is 32.2. The van der Waals surface area contributed by atoms with E-state index in [-0.39, 0.29) is 23.9 Å². The van der Waals surface area contributed by atoms with Crippen LogP contribution in [0.15, 0.2) is 29.2 Å². The average molecular weight is 435 g/mol. The van der Waals surface area contributed by atoms with E-state index in [4.69, 9.17) is 0 Å². The van der Waals surface area contributed by atoms with Gasteiger partial charge in [0.05, 0.1) is 10.8 Å². The van der Waals surface area contributed by atoms with E-state index in [0.29, 0.717) is 29.8 Å². The molecule has 30 heavy (non-hydrogen) atoms. The summed E-state index contributed by atoms with van der Waals surface area (Å²) >= 11 is 0. The standard InChI is InChI=1S/C22H34N4O3S/c1-15-4-6-19(7-5-15)30(28,29)25-11-8-17(9-12-25)18-10-13-26-20(14-18)21(16(2)24-26)22(27)23-3/h4-7,16-18,20-21,24H,8-14H2,1-3H3,(H,23,27). The maximum Gasteiger partial charge on any atom is 0.243 e. The Kier molecular flexibility index (Phi) is 6.21. The van der Waals surface area contributed by atoms with Gasteiger partial charge in [0.2, 0.25) is 15.9 Å². The van der Waals surface area contributed by atoms with Crippen LogP contribution in [-0.4, -0.2) is 62.4 Å². The van der Waals surface area contributed by atoms with Crippen molar-refractivity contribution in [1.82, 2.24) is 20.1 Å². The van der Waals surface area contributed by atoms with Gasteiger partial charge in [-0.05, 0) is 63.5 Å². The Hall–Kier alpha value is -1.48. The van der Waals surface area contributed by atoms with Crippen LogP contribution in [0, 0.1) is 24.7 Å². The number of sulfonamides is 1. The van der Waals surface area contributed by atoms with Crippen LogP contribution in [0.2, 0.25) is 0 Å². The summed E-state index contributed by atoms with van der Waals surface area (Å²) in [6.45, 7) is 6.16. The number of aryl methyl sites for hydroxylation is 1. The van der Waals surface area contributed by atoms with Crippen molar-refractivity contribution in [2.45, 2.75) is 56.5 Å². The molecule has 3 fully saturated rings. The molecule has 0 radical (unpaired) electrons. The minimum Gasteiger partial charge on any atom is -0.359 e. The number of hydrogen-bond donors (Lipinski definition) is 2. The molecule has 4 unspecified atom stereocenters. The molecule has 1 aromatic rings. The zero-order chi connectivity index (χ0) is 21.5. The quantitative estimate of drug-likeness (QED) is 0.755. The van der Waals surface area contributed by atoms with E-state index in [2.05, 4.69) is 22.7 Å². The van der Waals surface area contributed by atoms with Gasteiger partial charge >= 0.3 is 0 Å². The molecule has 1 aromatic carbocycles. The van der Waals surface area contributed by atoms with Gasteiger partial charge < -0.3 is 5.32 Å². The first-order valence-corrected chi connectivity index (χ1v) is 12.6. The molecule has 3 aliphatic rings. The van der Waals surface area contributed by atoms with Gasteiger partial charge in [0.15, 0.2) is 0 Å². The van der Waals surface area contributed by atoms with Gasteiger partial charge in [0, 0.05) is 38.8 Å². The number of carbonyl (C=O) groups is 1. The predicted octanol–water partition coefficient (Wildman–Crippen LogP) is 1.75. The molecule has 0 spiro atoms. The molecular formula is C22H34N4O3S. The molecule has 3 heterocycles. The van der Waals surface area contributed by atoms with Gasteiger partial charge in [-0.1, -0.05) is 17.7 Å². The Labute approximate surface area is 180 Å². The zero-order valence-corrected chi connectivity index (χ0v) is 19.0. The molecule has 0 aromatic heterocycles. The highest BCUT2D eigenvalue weighted by Crippen LogP contribution is 2.40. The number of carbonyl (C=O) groups excluding carboxylic acids is 1. The molecule has 8 heteroatoms. The number of amides is 1. The summed E-state index contributed by atoms with van der Waals surface area (Å²) in [6.07, 6.45) is 3.91. The average Bonchev–Trinajstić information content (AvgIpc) is 3.08. The minimum absolute atomic E-state index is 0.0280. The van der Waals surface area contributed by atoms with E-state index < -0.39 is 10.0 Å². The lowest BCUT2D eigenvalue weighted by Crippen LogP contribution is -2.49. The third-order valence-electron chi connectivity index (χ3n) is 7.38. The summed E-state index contributed by atoms with van der Waals surface area (Å²) in [5.74, 6) is 1.16. The Morgan fingerprint density at radius 2 is 1.70 bits per heavy atom. The Bertz CT molecular complexity index is 865. The predicted molar refractivity (Wildman–Crippen MR) is 116 cm³/mol. The fourth-order valence-corrected chi connectivity index (χ4v) is 7.12. The number of hydrogen-bond acceptors (Lipinski definition) is 5. The van der Waals surface area contributed by atoms with Gasteiger partial charge in [0.25, 0.3) is 0 Å². The molecular weight excluding hydrogens is 400 g/mol. The third kappa shape index (κ3) is 4.02. The molecule has 7 nitrogen and oxygen atoms in total. The maximum atomic E-state index is 13.0. The van der Waals surface area contributed by atoms with E-state index in [1.165, 1.54) is 0 Å². The second kappa shape index (κ2) is 8.57. The Balaban J connectivity index is 1.39. The van der Waals surface area contributed by atoms with Crippen LogP contribution >= 0.6 is 0 Å². The van der Waals surface area contributed by atoms with E-state index in [0.717, 1.165) is 37.8 Å². The SMILES string of the molecule is CNC(=O)C1C(C)NN2CCC(C3CCN(S(=O)(=O)c4ccc(C)cc4)CC3)CC12. The summed E-state index contributed by atoms with van der Waals surface area (Å²) in [5.41, 5.74) is 4.54. The summed E-state index contributed by atoms with van der Waals surface area (Å²) in [7, 11) is -1.71. The lowest BCUT2D eigenvalue weighted by molar-refractivity contribution is -0.126. The first-order chi connectivity index (χ1) is 14.3. The van der Waals surface area contributed by atoms with Gasteiger partial charge in [0.1, 0.15) is 0 Å². The van der Waals surface area contributed by atoms with Crippen molar-refractivity contribution >= 4 is 15.9 Å². The Morgan fingerprint density at radius 1 is 1.07 bits per heavy atom. The molecule has 4 rings (SSSR count). The molecule has 166 valence electrons. The molecule has 3 saturated heterocycles. The summed E-state index contributed by atoms with van der Waals surface area (Å²) in [6, 6.07) is 7.50. The van der Waals surface area contributed by atoms with Crippen molar-refractivity contribution in [3.05, 3.63) is 29.8 Å². The van der Waals surface area contributed by atoms with Crippen LogP contribution in [0.25, 0.3) is 0 Å². The molecule has 0 bridgehead atoms. The highest BCUT2D eigenvalue weighted by Gasteiger charge is 2.47. The number of nitrogens with one attached hydrogen (secondary N) is 2. The van der Waals surface area contributed by atoms with Crippen molar-refractivity contribution in [3.63, 3.8) is 0 Å². The fraction of sp³-hybridized carbons (Fsp3) is 0.682. The number of nitrogens with zero attached hydrogens (tertiary/aromatic N) is 2. The molecule has 3 aliphatic heterocycles. The summed E-state index contributed by atoms with van der Waals surface area (Å²) in [5, 5.41) is 5.09. The maximum absolute atomic E-state index is 13.0. The summed E-state index contributed by atoms with van der Waals surface area (Å²) in [4.78, 5) is 12.8. The molecule has 0 saturated carbocycles. The third-order valence-corrected chi connectivity index (χ3v) is 9.29. The van der Waals surface area contributed by atoms with E-state index in [9.17, 15) is 13.2 Å². The zero-order valence-electron chi connectivity index (χ0n) is 18.2. The van der Waals surface area contributed by atoms with Crippen LogP contribution < -0.4 is 10.7 Å². The minimum atomic E-state index is -3.42. The topological polar surface area (TPSA) is 81.8 Å². The van der Waals surface area contributed by atoms with Crippen molar-refractivity contribution in [1.29, 1.82) is 0 Å². The Morgan fingerprint density at radius 3 is 2.33 bits per heavy atom. The van der Waals surface area contributed by atoms with Gasteiger partial charge in [-0.2, -0.15) is 4.31 Å². The first kappa shape index (κ1) is 21.7.